The first-order chi connectivity index (χ1) is 13.5. The van der Waals surface area contributed by atoms with Gasteiger partial charge in [-0.3, -0.25) is 14.1 Å². The Kier molecular flexibility index (Phi) is 8.04. The third-order valence-corrected chi connectivity index (χ3v) is 5.91. The number of rotatable bonds is 11. The van der Waals surface area contributed by atoms with Gasteiger partial charge >= 0.3 is 7.60 Å². The molecule has 10 heteroatoms. The van der Waals surface area contributed by atoms with Crippen LogP contribution in [-0.4, -0.2) is 48.6 Å². The van der Waals surface area contributed by atoms with E-state index in [-0.39, 0.29) is 36.6 Å². The molecular formula is C18H26N3O6P. The lowest BCUT2D eigenvalue weighted by Crippen LogP contribution is -2.17. The summed E-state index contributed by atoms with van der Waals surface area (Å²) in [6.45, 7) is 3.98. The molecule has 0 saturated carbocycles. The predicted octanol–water partition coefficient (Wildman–Crippen LogP) is 3.62. The van der Waals surface area contributed by atoms with E-state index in [9.17, 15) is 9.67 Å². The van der Waals surface area contributed by atoms with Gasteiger partial charge in [-0.1, -0.05) is 6.92 Å². The predicted molar refractivity (Wildman–Crippen MR) is 105 cm³/mol. The van der Waals surface area contributed by atoms with Gasteiger partial charge in [0.2, 0.25) is 5.75 Å². The summed E-state index contributed by atoms with van der Waals surface area (Å²) in [4.78, 5) is 8.16. The summed E-state index contributed by atoms with van der Waals surface area (Å²) in [5, 5.41) is 13.3. The second-order valence-electron chi connectivity index (χ2n) is 5.68. The first kappa shape index (κ1) is 21.9. The van der Waals surface area contributed by atoms with E-state index >= 15 is 0 Å². The van der Waals surface area contributed by atoms with Gasteiger partial charge in [0.05, 0.1) is 27.0 Å². The van der Waals surface area contributed by atoms with Crippen molar-refractivity contribution in [1.82, 2.24) is 9.97 Å². The van der Waals surface area contributed by atoms with Crippen molar-refractivity contribution in [3.05, 3.63) is 36.3 Å². The van der Waals surface area contributed by atoms with Gasteiger partial charge in [-0.2, -0.15) is 0 Å². The number of anilines is 1. The van der Waals surface area contributed by atoms with E-state index in [1.807, 2.05) is 0 Å². The minimum Gasteiger partial charge on any atom is -0.502 e. The molecule has 2 atom stereocenters. The third-order valence-electron chi connectivity index (χ3n) is 3.91. The average molecular weight is 411 g/mol. The fraction of sp³-hybridized carbons (Fsp3) is 0.444. The Balaban J connectivity index is 2.37. The summed E-state index contributed by atoms with van der Waals surface area (Å²) >= 11 is 0. The molecular weight excluding hydrogens is 385 g/mol. The summed E-state index contributed by atoms with van der Waals surface area (Å²) in [5.41, 5.74) is 0.594. The average Bonchev–Trinajstić information content (AvgIpc) is 2.72. The quantitative estimate of drug-likeness (QED) is 0.535. The molecule has 0 radical (unpaired) electrons. The molecule has 2 unspecified atom stereocenters. The van der Waals surface area contributed by atoms with Gasteiger partial charge in [-0.25, -0.2) is 4.98 Å². The van der Waals surface area contributed by atoms with Crippen molar-refractivity contribution < 1.29 is 28.2 Å². The van der Waals surface area contributed by atoms with Crippen LogP contribution in [0.4, 0.5) is 5.82 Å². The first-order valence-electron chi connectivity index (χ1n) is 8.83. The molecule has 0 aliphatic carbocycles. The van der Waals surface area contributed by atoms with Crippen molar-refractivity contribution in [2.75, 3.05) is 38.8 Å². The molecule has 28 heavy (non-hydrogen) atoms. The number of hydrogen-bond donors (Lipinski definition) is 2. The first-order valence-corrected chi connectivity index (χ1v) is 10.6. The van der Waals surface area contributed by atoms with Crippen LogP contribution in [0.25, 0.3) is 0 Å². The monoisotopic (exact) mass is 411 g/mol. The Labute approximate surface area is 164 Å². The molecule has 1 aromatic heterocycles. The minimum atomic E-state index is -3.32. The molecule has 2 N–H and O–H groups in total. The van der Waals surface area contributed by atoms with Crippen molar-refractivity contribution in [2.24, 2.45) is 0 Å². The highest BCUT2D eigenvalue weighted by atomic mass is 31.2. The Bertz CT molecular complexity index is 780. The Hall–Kier alpha value is -2.35. The largest absolute Gasteiger partial charge is 0.502 e. The highest BCUT2D eigenvalue weighted by molar-refractivity contribution is 7.53. The number of phenols is 1. The van der Waals surface area contributed by atoms with E-state index in [0.717, 1.165) is 0 Å². The summed E-state index contributed by atoms with van der Waals surface area (Å²) in [6, 6.07) is 3.21. The van der Waals surface area contributed by atoms with Crippen LogP contribution in [-0.2, 0) is 13.6 Å². The normalized spacial score (nSPS) is 14.1. The fourth-order valence-corrected chi connectivity index (χ4v) is 3.86. The van der Waals surface area contributed by atoms with E-state index in [1.54, 1.807) is 44.6 Å². The number of nitrogens with zero attached hydrogens (tertiary/aromatic N) is 2. The number of benzene rings is 1. The maximum Gasteiger partial charge on any atom is 0.331 e. The maximum absolute atomic E-state index is 12.9. The molecule has 2 aromatic rings. The van der Waals surface area contributed by atoms with Crippen LogP contribution in [0.3, 0.4) is 0 Å². The van der Waals surface area contributed by atoms with Crippen molar-refractivity contribution in [3.63, 3.8) is 0 Å². The van der Waals surface area contributed by atoms with Gasteiger partial charge in [0.15, 0.2) is 11.5 Å². The summed E-state index contributed by atoms with van der Waals surface area (Å²) in [5.74, 6) is 0.838. The van der Waals surface area contributed by atoms with Gasteiger partial charge in [-0.15, -0.1) is 0 Å². The molecule has 0 aliphatic rings. The summed E-state index contributed by atoms with van der Waals surface area (Å²) in [7, 11) is -0.455. The van der Waals surface area contributed by atoms with Crippen LogP contribution in [0.15, 0.2) is 30.7 Å². The second kappa shape index (κ2) is 10.3. The maximum atomic E-state index is 12.9. The van der Waals surface area contributed by atoms with Crippen molar-refractivity contribution in [1.29, 1.82) is 0 Å². The number of phenolic OH excluding ortho intramolecular Hbond substituents is 1. The van der Waals surface area contributed by atoms with Crippen LogP contribution in [0, 0.1) is 0 Å². The number of aromatic nitrogens is 2. The van der Waals surface area contributed by atoms with Crippen molar-refractivity contribution in [2.45, 2.75) is 20.0 Å². The summed E-state index contributed by atoms with van der Waals surface area (Å²) in [6.07, 6.45) is 4.21. The molecule has 0 aliphatic heterocycles. The molecule has 0 bridgehead atoms. The van der Waals surface area contributed by atoms with Gasteiger partial charge in [-0.05, 0) is 24.6 Å². The van der Waals surface area contributed by atoms with Crippen LogP contribution in [0.2, 0.25) is 0 Å². The number of methoxy groups -OCH3 is 2. The molecule has 1 aromatic carbocycles. The Morgan fingerprint density at radius 1 is 1.18 bits per heavy atom. The summed E-state index contributed by atoms with van der Waals surface area (Å²) < 4.78 is 34.7. The van der Waals surface area contributed by atoms with E-state index in [1.165, 1.54) is 14.2 Å². The van der Waals surface area contributed by atoms with E-state index in [2.05, 4.69) is 15.3 Å². The number of nitrogens with one attached hydrogen (secondary N) is 1. The number of aromatic hydroxyl groups is 1. The molecule has 154 valence electrons. The lowest BCUT2D eigenvalue weighted by molar-refractivity contribution is 0.159. The van der Waals surface area contributed by atoms with Crippen LogP contribution >= 0.6 is 7.60 Å². The molecule has 9 nitrogen and oxygen atoms in total. The van der Waals surface area contributed by atoms with E-state index in [4.69, 9.17) is 18.5 Å². The van der Waals surface area contributed by atoms with Gasteiger partial charge in [0, 0.05) is 25.1 Å². The van der Waals surface area contributed by atoms with E-state index < -0.39 is 13.7 Å². The topological polar surface area (TPSA) is 112 Å². The smallest absolute Gasteiger partial charge is 0.331 e. The SMILES string of the molecule is CCOP(=O)(CC)OC(CNc1cnccn1)c1cc(OC)c(O)c(OC)c1. The van der Waals surface area contributed by atoms with Crippen LogP contribution in [0.5, 0.6) is 17.2 Å². The molecule has 0 amide bonds. The standard InChI is InChI=1S/C18H26N3O6P/c1-5-26-28(23,6-2)27-16(11-21-17-12-19-7-8-20-17)13-9-14(24-3)18(22)15(10-13)25-4/h7-10,12,16,22H,5-6,11H2,1-4H3,(H,20,21). The van der Waals surface area contributed by atoms with Crippen molar-refractivity contribution in [3.8, 4) is 17.2 Å². The zero-order valence-corrected chi connectivity index (χ0v) is 17.3. The zero-order valence-electron chi connectivity index (χ0n) is 16.4. The van der Waals surface area contributed by atoms with Crippen LogP contribution < -0.4 is 14.8 Å². The number of hydrogen-bond acceptors (Lipinski definition) is 9. The molecule has 0 fully saturated rings. The molecule has 2 rings (SSSR count). The highest BCUT2D eigenvalue weighted by Gasteiger charge is 2.29. The van der Waals surface area contributed by atoms with Crippen molar-refractivity contribution >= 4 is 13.4 Å². The van der Waals surface area contributed by atoms with Gasteiger partial charge < -0.3 is 24.4 Å². The highest BCUT2D eigenvalue weighted by Crippen LogP contribution is 2.52. The lowest BCUT2D eigenvalue weighted by Gasteiger charge is -2.25. The second-order valence-corrected chi connectivity index (χ2v) is 8.01. The molecule has 0 spiro atoms. The molecule has 1 heterocycles. The van der Waals surface area contributed by atoms with Crippen LogP contribution in [0.1, 0.15) is 25.5 Å². The fourth-order valence-electron chi connectivity index (χ4n) is 2.49. The van der Waals surface area contributed by atoms with E-state index in [0.29, 0.717) is 11.4 Å². The van der Waals surface area contributed by atoms with Gasteiger partial charge in [0.25, 0.3) is 0 Å². The zero-order chi connectivity index (χ0) is 20.6. The third kappa shape index (κ3) is 5.58. The minimum absolute atomic E-state index is 0.127. The Morgan fingerprint density at radius 2 is 1.86 bits per heavy atom. The lowest BCUT2D eigenvalue weighted by atomic mass is 10.1. The van der Waals surface area contributed by atoms with Gasteiger partial charge in [0.1, 0.15) is 11.9 Å². The molecule has 0 saturated heterocycles. The Morgan fingerprint density at radius 3 is 2.36 bits per heavy atom. The number of ether oxygens (including phenoxy) is 2.